The fraction of sp³-hybridized carbons (Fsp3) is 0. The highest BCUT2D eigenvalue weighted by Crippen LogP contribution is 2.53. The van der Waals surface area contributed by atoms with Gasteiger partial charge in [0.2, 0.25) is 0 Å². The van der Waals surface area contributed by atoms with E-state index in [0.717, 1.165) is 34.1 Å². The summed E-state index contributed by atoms with van der Waals surface area (Å²) in [6.45, 7) is 0. The first-order valence-corrected chi connectivity index (χ1v) is 29.1. The lowest BCUT2D eigenvalue weighted by atomic mass is 9.82. The Balaban J connectivity index is 1.07. The maximum absolute atomic E-state index is 2.51. The van der Waals surface area contributed by atoms with Gasteiger partial charge in [-0.1, -0.05) is 255 Å². The van der Waals surface area contributed by atoms with Crippen molar-refractivity contribution in [3.8, 4) is 22.3 Å². The normalized spacial score (nSPS) is 11.8. The smallest absolute Gasteiger partial charge is 0.0540 e. The number of hydrogen-bond donors (Lipinski definition) is 0. The maximum atomic E-state index is 2.51. The average Bonchev–Trinajstić information content (AvgIpc) is 1.38. The second kappa shape index (κ2) is 19.3. The molecule has 0 saturated heterocycles. The van der Waals surface area contributed by atoms with Crippen LogP contribution in [0.3, 0.4) is 0 Å². The largest absolute Gasteiger partial charge is 0.309 e. The quantitative estimate of drug-likeness (QED) is 0.111. The lowest BCUT2D eigenvalue weighted by Crippen LogP contribution is -2.11. The molecule has 17 aromatic rings. The highest BCUT2D eigenvalue weighted by Gasteiger charge is 2.26. The first-order valence-electron chi connectivity index (χ1n) is 29.1. The Labute approximate surface area is 486 Å². The molecule has 0 amide bonds. The first kappa shape index (κ1) is 47.7. The summed E-state index contributed by atoms with van der Waals surface area (Å²) in [6, 6.07) is 118. The van der Waals surface area contributed by atoms with Crippen LogP contribution in [0.4, 0.5) is 34.1 Å². The van der Waals surface area contributed by atoms with Crippen LogP contribution in [0.2, 0.25) is 0 Å². The minimum atomic E-state index is 1.07. The molecule has 0 N–H and O–H groups in total. The van der Waals surface area contributed by atoms with E-state index in [9.17, 15) is 0 Å². The molecule has 0 unspecified atom stereocenters. The maximum Gasteiger partial charge on any atom is 0.0540 e. The summed E-state index contributed by atoms with van der Waals surface area (Å²) in [5.41, 5.74) is 11.4. The van der Waals surface area contributed by atoms with Gasteiger partial charge in [0, 0.05) is 32.9 Å². The molecule has 0 heterocycles. The monoisotopic (exact) mass is 1060 g/mol. The van der Waals surface area contributed by atoms with E-state index in [1.807, 2.05) is 0 Å². The highest BCUT2D eigenvalue weighted by molar-refractivity contribution is 6.29. The van der Waals surface area contributed by atoms with Gasteiger partial charge < -0.3 is 9.80 Å². The van der Waals surface area contributed by atoms with E-state index in [2.05, 4.69) is 325 Å². The van der Waals surface area contributed by atoms with Crippen molar-refractivity contribution in [2.45, 2.75) is 0 Å². The Morgan fingerprint density at radius 3 is 0.750 bits per heavy atom. The third kappa shape index (κ3) is 7.51. The zero-order chi connectivity index (χ0) is 55.2. The third-order valence-electron chi connectivity index (χ3n) is 17.7. The first-order chi connectivity index (χ1) is 41.7. The second-order valence-electron chi connectivity index (χ2n) is 22.3. The minimum absolute atomic E-state index is 1.07. The molecule has 0 spiro atoms. The summed E-state index contributed by atoms with van der Waals surface area (Å²) in [4.78, 5) is 5.02. The summed E-state index contributed by atoms with van der Waals surface area (Å²) in [7, 11) is 0. The van der Waals surface area contributed by atoms with Crippen LogP contribution in [0.1, 0.15) is 0 Å². The van der Waals surface area contributed by atoms with E-state index in [0.29, 0.717) is 0 Å². The third-order valence-corrected chi connectivity index (χ3v) is 17.7. The zero-order valence-corrected chi connectivity index (χ0v) is 45.9. The molecule has 0 radical (unpaired) electrons. The van der Waals surface area contributed by atoms with Gasteiger partial charge in [-0.05, 0) is 169 Å². The fourth-order valence-corrected chi connectivity index (χ4v) is 14.0. The summed E-state index contributed by atoms with van der Waals surface area (Å²) < 4.78 is 0. The molecule has 0 aliphatic rings. The number of anilines is 6. The Morgan fingerprint density at radius 1 is 0.155 bits per heavy atom. The van der Waals surface area contributed by atoms with Crippen molar-refractivity contribution < 1.29 is 0 Å². The standard InChI is InChI=1S/C82H52N2/c1-9-33-63-53(21-1)27-17-41-77(63)83(78-42-18-28-54-22-2-10-34-64(54)78)59-45-47-71-75(51-59)81(73-49-57-25-5-7-31-61(57)67-37-13-15-39-69(67)73)72-48-46-60(52-76(72)82(71)74-50-58-26-6-8-32-62(58)68-38-14-16-40-70(68)74)84(79-43-19-29-55-23-3-11-35-65(55)79)80-44-20-30-56-24-4-12-36-66(56)80/h1-52H. The Morgan fingerprint density at radius 2 is 0.417 bits per heavy atom. The number of nitrogens with zero attached hydrogens (tertiary/aromatic N) is 2. The zero-order valence-electron chi connectivity index (χ0n) is 45.9. The molecule has 17 aromatic carbocycles. The molecule has 0 fully saturated rings. The van der Waals surface area contributed by atoms with E-state index in [1.54, 1.807) is 0 Å². The van der Waals surface area contributed by atoms with Gasteiger partial charge in [-0.3, -0.25) is 0 Å². The Kier molecular flexibility index (Phi) is 11.0. The number of hydrogen-bond acceptors (Lipinski definition) is 2. The lowest BCUT2D eigenvalue weighted by Gasteiger charge is -2.30. The van der Waals surface area contributed by atoms with Gasteiger partial charge in [-0.25, -0.2) is 0 Å². The topological polar surface area (TPSA) is 6.48 Å². The van der Waals surface area contributed by atoms with Crippen LogP contribution in [-0.4, -0.2) is 0 Å². The highest BCUT2D eigenvalue weighted by atomic mass is 15.2. The van der Waals surface area contributed by atoms with E-state index in [1.165, 1.54) is 130 Å². The molecule has 2 nitrogen and oxygen atoms in total. The van der Waals surface area contributed by atoms with E-state index < -0.39 is 0 Å². The van der Waals surface area contributed by atoms with Gasteiger partial charge in [0.05, 0.1) is 22.7 Å². The lowest BCUT2D eigenvalue weighted by molar-refractivity contribution is 1.32. The molecule has 0 atom stereocenters. The number of rotatable bonds is 8. The van der Waals surface area contributed by atoms with Crippen LogP contribution in [-0.2, 0) is 0 Å². The molecule has 0 aliphatic carbocycles. The van der Waals surface area contributed by atoms with Crippen LogP contribution in [0, 0.1) is 0 Å². The summed E-state index contributed by atoms with van der Waals surface area (Å²) in [5.74, 6) is 0. The van der Waals surface area contributed by atoms with Gasteiger partial charge in [0.15, 0.2) is 0 Å². The van der Waals surface area contributed by atoms with Crippen molar-refractivity contribution >= 4 is 142 Å². The number of fused-ring (bicyclic) bond motifs is 12. The van der Waals surface area contributed by atoms with Crippen LogP contribution >= 0.6 is 0 Å². The predicted octanol–water partition coefficient (Wildman–Crippen LogP) is 23.5. The molecular weight excluding hydrogens is 1010 g/mol. The van der Waals surface area contributed by atoms with Crippen LogP contribution in [0.15, 0.2) is 315 Å². The van der Waals surface area contributed by atoms with Crippen molar-refractivity contribution in [3.63, 3.8) is 0 Å². The summed E-state index contributed by atoms with van der Waals surface area (Å²) >= 11 is 0. The van der Waals surface area contributed by atoms with E-state index >= 15 is 0 Å². The van der Waals surface area contributed by atoms with Crippen molar-refractivity contribution in [1.82, 2.24) is 0 Å². The second-order valence-corrected chi connectivity index (χ2v) is 22.3. The predicted molar refractivity (Wildman–Crippen MR) is 362 cm³/mol. The van der Waals surface area contributed by atoms with Crippen molar-refractivity contribution in [2.24, 2.45) is 0 Å². The summed E-state index contributed by atoms with van der Waals surface area (Å²) in [5, 5.41) is 24.0. The molecule has 17 rings (SSSR count). The van der Waals surface area contributed by atoms with Gasteiger partial charge >= 0.3 is 0 Å². The van der Waals surface area contributed by atoms with Crippen molar-refractivity contribution in [3.05, 3.63) is 315 Å². The average molecular weight is 1070 g/mol. The molecular formula is C82H52N2. The van der Waals surface area contributed by atoms with E-state index in [-0.39, 0.29) is 0 Å². The van der Waals surface area contributed by atoms with Gasteiger partial charge in [-0.2, -0.15) is 0 Å². The Bertz CT molecular complexity index is 5020. The van der Waals surface area contributed by atoms with Crippen LogP contribution in [0.5, 0.6) is 0 Å². The molecule has 0 aromatic heterocycles. The molecule has 390 valence electrons. The van der Waals surface area contributed by atoms with Gasteiger partial charge in [0.1, 0.15) is 0 Å². The van der Waals surface area contributed by atoms with Crippen molar-refractivity contribution in [1.29, 1.82) is 0 Å². The summed E-state index contributed by atoms with van der Waals surface area (Å²) in [6.07, 6.45) is 0. The SMILES string of the molecule is c1ccc2c(N(c3ccc4c(-c5cc6ccccc6c6ccccc56)c5cc(N(c6cccc7ccccc67)c6cccc7ccccc67)ccc5c(-c5cc6ccccc6c6ccccc56)c4c3)c3cccc4ccccc34)cccc2c1. The van der Waals surface area contributed by atoms with Gasteiger partial charge in [0.25, 0.3) is 0 Å². The molecule has 0 saturated carbocycles. The van der Waals surface area contributed by atoms with Gasteiger partial charge in [-0.15, -0.1) is 0 Å². The van der Waals surface area contributed by atoms with Crippen LogP contribution in [0.25, 0.3) is 130 Å². The van der Waals surface area contributed by atoms with E-state index in [4.69, 9.17) is 0 Å². The molecule has 84 heavy (non-hydrogen) atoms. The minimum Gasteiger partial charge on any atom is -0.309 e. The van der Waals surface area contributed by atoms with Crippen LogP contribution < -0.4 is 9.80 Å². The fourth-order valence-electron chi connectivity index (χ4n) is 14.0. The Hall–Kier alpha value is -11.1. The number of benzene rings is 17. The molecule has 2 heteroatoms. The van der Waals surface area contributed by atoms with Crippen molar-refractivity contribution in [2.75, 3.05) is 9.80 Å². The molecule has 0 bridgehead atoms. The molecule has 0 aliphatic heterocycles.